The Kier molecular flexibility index (Phi) is 7.20. The van der Waals surface area contributed by atoms with Gasteiger partial charge in [0.25, 0.3) is 0 Å². The van der Waals surface area contributed by atoms with Crippen LogP contribution in [0.3, 0.4) is 0 Å². The van der Waals surface area contributed by atoms with Crippen LogP contribution < -0.4 is 10.2 Å². The highest BCUT2D eigenvalue weighted by Gasteiger charge is 2.26. The summed E-state index contributed by atoms with van der Waals surface area (Å²) in [6.07, 6.45) is 10.6. The Balaban J connectivity index is 1.15. The molecule has 0 aromatic heterocycles. The van der Waals surface area contributed by atoms with Crippen molar-refractivity contribution in [1.29, 1.82) is 0 Å². The molecule has 1 saturated carbocycles. The SMILES string of the molecule is O=C(NC1CCC(CCN2CCN(c3cc(F)c(F)cc3F)CC2)CC1)C1=CCCC1. The van der Waals surface area contributed by atoms with Crippen LogP contribution >= 0.6 is 0 Å². The third-order valence-corrected chi connectivity index (χ3v) is 7.07. The van der Waals surface area contributed by atoms with Gasteiger partial charge in [0.05, 0.1) is 5.69 Å². The van der Waals surface area contributed by atoms with Gasteiger partial charge in [0.1, 0.15) is 5.82 Å². The maximum Gasteiger partial charge on any atom is 0.247 e. The number of allylic oxidation sites excluding steroid dienone is 1. The highest BCUT2D eigenvalue weighted by Crippen LogP contribution is 2.29. The number of anilines is 1. The fourth-order valence-corrected chi connectivity index (χ4v) is 5.08. The zero-order valence-electron chi connectivity index (χ0n) is 18.0. The minimum Gasteiger partial charge on any atom is -0.367 e. The predicted molar refractivity (Wildman–Crippen MR) is 115 cm³/mol. The molecule has 1 amide bonds. The maximum atomic E-state index is 14.0. The van der Waals surface area contributed by atoms with Crippen LogP contribution in [0.5, 0.6) is 0 Å². The molecule has 1 N–H and O–H groups in total. The quantitative estimate of drug-likeness (QED) is 0.673. The molecular formula is C24H32F3N3O. The number of hydrogen-bond acceptors (Lipinski definition) is 3. The van der Waals surface area contributed by atoms with E-state index in [0.717, 1.165) is 82.6 Å². The summed E-state index contributed by atoms with van der Waals surface area (Å²) >= 11 is 0. The van der Waals surface area contributed by atoms with Gasteiger partial charge in [-0.3, -0.25) is 9.69 Å². The van der Waals surface area contributed by atoms with E-state index in [-0.39, 0.29) is 11.6 Å². The van der Waals surface area contributed by atoms with E-state index >= 15 is 0 Å². The van der Waals surface area contributed by atoms with E-state index in [4.69, 9.17) is 0 Å². The van der Waals surface area contributed by atoms with Crippen LogP contribution in [0.25, 0.3) is 0 Å². The average molecular weight is 436 g/mol. The second kappa shape index (κ2) is 10.1. The Labute approximate surface area is 182 Å². The van der Waals surface area contributed by atoms with Gasteiger partial charge in [-0.1, -0.05) is 6.08 Å². The Bertz CT molecular complexity index is 813. The number of nitrogens with zero attached hydrogens (tertiary/aromatic N) is 2. The van der Waals surface area contributed by atoms with Crippen LogP contribution in [0, 0.1) is 23.4 Å². The number of nitrogens with one attached hydrogen (secondary N) is 1. The molecule has 1 saturated heterocycles. The number of rotatable bonds is 6. The highest BCUT2D eigenvalue weighted by molar-refractivity contribution is 5.93. The highest BCUT2D eigenvalue weighted by atomic mass is 19.2. The van der Waals surface area contributed by atoms with Crippen LogP contribution in [0.15, 0.2) is 23.8 Å². The van der Waals surface area contributed by atoms with Crippen molar-refractivity contribution < 1.29 is 18.0 Å². The van der Waals surface area contributed by atoms with Gasteiger partial charge in [-0.05, 0) is 63.8 Å². The number of carbonyl (C=O) groups excluding carboxylic acids is 1. The van der Waals surface area contributed by atoms with Crippen molar-refractivity contribution in [3.63, 3.8) is 0 Å². The first kappa shape index (κ1) is 22.2. The van der Waals surface area contributed by atoms with Crippen molar-refractivity contribution >= 4 is 11.6 Å². The van der Waals surface area contributed by atoms with E-state index in [1.807, 2.05) is 0 Å². The van der Waals surface area contributed by atoms with Crippen molar-refractivity contribution in [2.75, 3.05) is 37.6 Å². The third kappa shape index (κ3) is 5.62. The van der Waals surface area contributed by atoms with Crippen LogP contribution in [-0.2, 0) is 4.79 Å². The minimum atomic E-state index is -1.15. The first-order valence-corrected chi connectivity index (χ1v) is 11.6. The van der Waals surface area contributed by atoms with Gasteiger partial charge >= 0.3 is 0 Å². The van der Waals surface area contributed by atoms with Crippen molar-refractivity contribution in [1.82, 2.24) is 10.2 Å². The van der Waals surface area contributed by atoms with Gasteiger partial charge in [0.2, 0.25) is 5.91 Å². The Morgan fingerprint density at radius 2 is 1.68 bits per heavy atom. The second-order valence-electron chi connectivity index (χ2n) is 9.15. The molecule has 1 aromatic carbocycles. The molecule has 0 unspecified atom stereocenters. The molecule has 3 aliphatic rings. The second-order valence-corrected chi connectivity index (χ2v) is 9.15. The number of halogens is 3. The van der Waals surface area contributed by atoms with E-state index in [9.17, 15) is 18.0 Å². The zero-order valence-corrected chi connectivity index (χ0v) is 18.0. The normalized spacial score (nSPS) is 24.9. The van der Waals surface area contributed by atoms with Crippen LogP contribution in [-0.4, -0.2) is 49.6 Å². The lowest BCUT2D eigenvalue weighted by molar-refractivity contribution is -0.118. The summed E-state index contributed by atoms with van der Waals surface area (Å²) < 4.78 is 40.7. The van der Waals surface area contributed by atoms with Crippen LogP contribution in [0.1, 0.15) is 51.4 Å². The van der Waals surface area contributed by atoms with Gasteiger partial charge in [0, 0.05) is 49.9 Å². The molecular weight excluding hydrogens is 403 g/mol. The number of benzene rings is 1. The minimum absolute atomic E-state index is 0.135. The van der Waals surface area contributed by atoms with Gasteiger partial charge in [-0.25, -0.2) is 13.2 Å². The fraction of sp³-hybridized carbons (Fsp3) is 0.625. The molecule has 0 radical (unpaired) electrons. The van der Waals surface area contributed by atoms with E-state index in [2.05, 4.69) is 16.3 Å². The number of carbonyl (C=O) groups is 1. The average Bonchev–Trinajstić information content (AvgIpc) is 3.31. The Morgan fingerprint density at radius 1 is 0.968 bits per heavy atom. The smallest absolute Gasteiger partial charge is 0.247 e. The molecule has 7 heteroatoms. The summed E-state index contributed by atoms with van der Waals surface area (Å²) in [5, 5.41) is 3.22. The van der Waals surface area contributed by atoms with E-state index < -0.39 is 17.5 Å². The maximum absolute atomic E-state index is 14.0. The number of piperazine rings is 1. The van der Waals surface area contributed by atoms with E-state index in [0.29, 0.717) is 31.1 Å². The van der Waals surface area contributed by atoms with Crippen molar-refractivity contribution in [3.05, 3.63) is 41.2 Å². The lowest BCUT2D eigenvalue weighted by Gasteiger charge is -2.37. The molecule has 4 nitrogen and oxygen atoms in total. The first-order chi connectivity index (χ1) is 15.0. The predicted octanol–water partition coefficient (Wildman–Crippen LogP) is 4.40. The summed E-state index contributed by atoms with van der Waals surface area (Å²) in [6, 6.07) is 1.89. The lowest BCUT2D eigenvalue weighted by atomic mass is 9.84. The topological polar surface area (TPSA) is 35.6 Å². The zero-order chi connectivity index (χ0) is 21.8. The first-order valence-electron chi connectivity index (χ1n) is 11.6. The lowest BCUT2D eigenvalue weighted by Crippen LogP contribution is -2.47. The Hall–Kier alpha value is -2.02. The molecule has 1 aromatic rings. The number of hydrogen-bond donors (Lipinski definition) is 1. The van der Waals surface area contributed by atoms with Crippen molar-refractivity contribution in [3.8, 4) is 0 Å². The van der Waals surface area contributed by atoms with Crippen molar-refractivity contribution in [2.45, 2.75) is 57.4 Å². The summed E-state index contributed by atoms with van der Waals surface area (Å²) in [7, 11) is 0. The van der Waals surface area contributed by atoms with E-state index in [1.165, 1.54) is 0 Å². The van der Waals surface area contributed by atoms with Crippen LogP contribution in [0.4, 0.5) is 18.9 Å². The summed E-state index contributed by atoms with van der Waals surface area (Å²) in [6.45, 7) is 3.80. The monoisotopic (exact) mass is 435 g/mol. The molecule has 4 rings (SSSR count). The largest absolute Gasteiger partial charge is 0.367 e. The summed E-state index contributed by atoms with van der Waals surface area (Å²) in [5.41, 5.74) is 1.11. The van der Waals surface area contributed by atoms with Gasteiger partial charge < -0.3 is 10.2 Å². The molecule has 2 aliphatic carbocycles. The molecule has 170 valence electrons. The van der Waals surface area contributed by atoms with E-state index in [1.54, 1.807) is 4.90 Å². The van der Waals surface area contributed by atoms with Gasteiger partial charge in [-0.2, -0.15) is 0 Å². The van der Waals surface area contributed by atoms with Crippen molar-refractivity contribution in [2.24, 2.45) is 5.92 Å². The molecule has 2 fully saturated rings. The summed E-state index contributed by atoms with van der Waals surface area (Å²) in [5.74, 6) is -2.05. The standard InChI is InChI=1S/C24H32F3N3O/c25-20-15-22(27)23(16-21(20)26)30-13-11-29(12-14-30)10-9-17-5-7-19(8-6-17)28-24(31)18-3-1-2-4-18/h3,15-17,19H,1-2,4-14H2,(H,28,31). The molecule has 31 heavy (non-hydrogen) atoms. The van der Waals surface area contributed by atoms with Crippen LogP contribution in [0.2, 0.25) is 0 Å². The van der Waals surface area contributed by atoms with Gasteiger partial charge in [-0.15, -0.1) is 0 Å². The molecule has 0 atom stereocenters. The number of amides is 1. The Morgan fingerprint density at radius 3 is 2.35 bits per heavy atom. The third-order valence-electron chi connectivity index (χ3n) is 7.07. The van der Waals surface area contributed by atoms with Gasteiger partial charge in [0.15, 0.2) is 11.6 Å². The molecule has 0 spiro atoms. The molecule has 1 heterocycles. The molecule has 0 bridgehead atoms. The fourth-order valence-electron chi connectivity index (χ4n) is 5.08. The molecule has 1 aliphatic heterocycles. The summed E-state index contributed by atoms with van der Waals surface area (Å²) in [4.78, 5) is 16.4.